The van der Waals surface area contributed by atoms with Crippen molar-refractivity contribution in [3.63, 3.8) is 0 Å². The first-order valence-corrected chi connectivity index (χ1v) is 5.05. The lowest BCUT2D eigenvalue weighted by Crippen LogP contribution is -2.37. The van der Waals surface area contributed by atoms with Crippen molar-refractivity contribution < 1.29 is 9.52 Å². The Labute approximate surface area is 83.5 Å². The molecule has 1 fully saturated rings. The van der Waals surface area contributed by atoms with Gasteiger partial charge in [-0.1, -0.05) is 0 Å². The monoisotopic (exact) mass is 196 g/mol. The molecule has 1 unspecified atom stereocenters. The molecule has 1 aliphatic rings. The first-order valence-electron chi connectivity index (χ1n) is 5.05. The molecular formula is C10H16N2O2. The summed E-state index contributed by atoms with van der Waals surface area (Å²) >= 11 is 0. The number of aromatic nitrogens is 1. The Kier molecular flexibility index (Phi) is 2.84. The third-order valence-corrected chi connectivity index (χ3v) is 2.70. The highest BCUT2D eigenvalue weighted by Crippen LogP contribution is 2.14. The number of piperidine rings is 1. The normalized spacial score (nSPS) is 24.0. The molecule has 1 aliphatic heterocycles. The van der Waals surface area contributed by atoms with E-state index >= 15 is 0 Å². The topological polar surface area (TPSA) is 49.5 Å². The third kappa shape index (κ3) is 2.13. The number of hydrogen-bond donors (Lipinski definition) is 1. The smallest absolute Gasteiger partial charge is 0.181 e. The Hall–Kier alpha value is -0.870. The molecule has 1 saturated heterocycles. The standard InChI is InChI=1S/C10H16N2O2/c1-8-10(11-7-14-8)6-12-4-2-3-9(13)5-12/h7,9,13H,2-6H2,1H3. The molecule has 1 atom stereocenters. The van der Waals surface area contributed by atoms with E-state index in [0.717, 1.165) is 43.9 Å². The van der Waals surface area contributed by atoms with E-state index in [4.69, 9.17) is 4.42 Å². The summed E-state index contributed by atoms with van der Waals surface area (Å²) < 4.78 is 5.13. The van der Waals surface area contributed by atoms with Crippen molar-refractivity contribution in [3.8, 4) is 0 Å². The molecule has 0 amide bonds. The fourth-order valence-electron chi connectivity index (χ4n) is 1.87. The summed E-state index contributed by atoms with van der Waals surface area (Å²) in [5.41, 5.74) is 0.985. The van der Waals surface area contributed by atoms with E-state index in [0.29, 0.717) is 0 Å². The highest BCUT2D eigenvalue weighted by molar-refractivity contribution is 5.04. The van der Waals surface area contributed by atoms with Gasteiger partial charge in [0.25, 0.3) is 0 Å². The number of aliphatic hydroxyl groups excluding tert-OH is 1. The Morgan fingerprint density at radius 1 is 1.71 bits per heavy atom. The SMILES string of the molecule is Cc1ocnc1CN1CCCC(O)C1. The Morgan fingerprint density at radius 3 is 3.21 bits per heavy atom. The molecule has 0 aromatic carbocycles. The largest absolute Gasteiger partial charge is 0.448 e. The summed E-state index contributed by atoms with van der Waals surface area (Å²) in [4.78, 5) is 6.37. The quantitative estimate of drug-likeness (QED) is 0.764. The molecule has 14 heavy (non-hydrogen) atoms. The van der Waals surface area contributed by atoms with Crippen molar-refractivity contribution in [1.29, 1.82) is 0 Å². The second-order valence-corrected chi connectivity index (χ2v) is 3.89. The van der Waals surface area contributed by atoms with Gasteiger partial charge in [-0.05, 0) is 26.3 Å². The van der Waals surface area contributed by atoms with Crippen LogP contribution in [-0.4, -0.2) is 34.2 Å². The number of oxazole rings is 1. The highest BCUT2D eigenvalue weighted by Gasteiger charge is 2.19. The summed E-state index contributed by atoms with van der Waals surface area (Å²) in [7, 11) is 0. The van der Waals surface area contributed by atoms with Gasteiger partial charge in [0.05, 0.1) is 11.8 Å². The van der Waals surface area contributed by atoms with Crippen molar-refractivity contribution in [1.82, 2.24) is 9.88 Å². The van der Waals surface area contributed by atoms with E-state index in [1.165, 1.54) is 6.39 Å². The van der Waals surface area contributed by atoms with E-state index in [2.05, 4.69) is 9.88 Å². The highest BCUT2D eigenvalue weighted by atomic mass is 16.3. The Bertz CT molecular complexity index is 298. The second kappa shape index (κ2) is 4.11. The molecule has 2 heterocycles. The second-order valence-electron chi connectivity index (χ2n) is 3.89. The van der Waals surface area contributed by atoms with Gasteiger partial charge in [-0.15, -0.1) is 0 Å². The van der Waals surface area contributed by atoms with Crippen molar-refractivity contribution in [2.75, 3.05) is 13.1 Å². The minimum atomic E-state index is -0.170. The predicted molar refractivity (Wildman–Crippen MR) is 51.8 cm³/mol. The number of hydrogen-bond acceptors (Lipinski definition) is 4. The molecular weight excluding hydrogens is 180 g/mol. The van der Waals surface area contributed by atoms with Crippen LogP contribution in [0.25, 0.3) is 0 Å². The van der Waals surface area contributed by atoms with Gasteiger partial charge in [0, 0.05) is 13.1 Å². The molecule has 0 aliphatic carbocycles. The minimum absolute atomic E-state index is 0.170. The Morgan fingerprint density at radius 2 is 2.57 bits per heavy atom. The number of nitrogens with zero attached hydrogens (tertiary/aromatic N) is 2. The molecule has 1 N–H and O–H groups in total. The number of rotatable bonds is 2. The van der Waals surface area contributed by atoms with E-state index in [1.54, 1.807) is 0 Å². The first-order chi connectivity index (χ1) is 6.75. The van der Waals surface area contributed by atoms with Crippen LogP contribution in [0.15, 0.2) is 10.8 Å². The molecule has 0 saturated carbocycles. The molecule has 0 radical (unpaired) electrons. The Balaban J connectivity index is 1.94. The van der Waals surface area contributed by atoms with Crippen LogP contribution >= 0.6 is 0 Å². The van der Waals surface area contributed by atoms with Crippen molar-refractivity contribution in [3.05, 3.63) is 17.8 Å². The number of β-amino-alcohol motifs (C(OH)–C–C–N with tert-alkyl or cyclic N) is 1. The van der Waals surface area contributed by atoms with Crippen LogP contribution in [0.1, 0.15) is 24.3 Å². The molecule has 4 nitrogen and oxygen atoms in total. The van der Waals surface area contributed by atoms with Gasteiger partial charge >= 0.3 is 0 Å². The van der Waals surface area contributed by atoms with Crippen LogP contribution in [0.2, 0.25) is 0 Å². The lowest BCUT2D eigenvalue weighted by Gasteiger charge is -2.29. The minimum Gasteiger partial charge on any atom is -0.448 e. The number of aliphatic hydroxyl groups is 1. The van der Waals surface area contributed by atoms with Crippen LogP contribution in [0, 0.1) is 6.92 Å². The van der Waals surface area contributed by atoms with E-state index in [-0.39, 0.29) is 6.10 Å². The fourth-order valence-corrected chi connectivity index (χ4v) is 1.87. The van der Waals surface area contributed by atoms with Gasteiger partial charge in [0.2, 0.25) is 0 Å². The average molecular weight is 196 g/mol. The molecule has 0 bridgehead atoms. The van der Waals surface area contributed by atoms with Gasteiger partial charge < -0.3 is 9.52 Å². The maximum Gasteiger partial charge on any atom is 0.181 e. The molecule has 0 spiro atoms. The maximum atomic E-state index is 9.49. The molecule has 1 aromatic heterocycles. The van der Waals surface area contributed by atoms with Crippen LogP contribution in [0.4, 0.5) is 0 Å². The third-order valence-electron chi connectivity index (χ3n) is 2.70. The summed E-state index contributed by atoms with van der Waals surface area (Å²) in [6, 6.07) is 0. The van der Waals surface area contributed by atoms with Crippen molar-refractivity contribution in [2.24, 2.45) is 0 Å². The van der Waals surface area contributed by atoms with Crippen LogP contribution in [-0.2, 0) is 6.54 Å². The zero-order chi connectivity index (χ0) is 9.97. The predicted octanol–water partition coefficient (Wildman–Crippen LogP) is 0.940. The summed E-state index contributed by atoms with van der Waals surface area (Å²) in [6.45, 7) is 4.51. The van der Waals surface area contributed by atoms with E-state index < -0.39 is 0 Å². The van der Waals surface area contributed by atoms with Gasteiger partial charge in [-0.3, -0.25) is 4.90 Å². The van der Waals surface area contributed by atoms with E-state index in [9.17, 15) is 5.11 Å². The van der Waals surface area contributed by atoms with Crippen molar-refractivity contribution in [2.45, 2.75) is 32.4 Å². The maximum absolute atomic E-state index is 9.49. The lowest BCUT2D eigenvalue weighted by atomic mass is 10.1. The van der Waals surface area contributed by atoms with Gasteiger partial charge in [-0.2, -0.15) is 0 Å². The lowest BCUT2D eigenvalue weighted by molar-refractivity contribution is 0.0660. The summed E-state index contributed by atoms with van der Waals surface area (Å²) in [6.07, 6.45) is 3.30. The van der Waals surface area contributed by atoms with Crippen molar-refractivity contribution >= 4 is 0 Å². The molecule has 1 aromatic rings. The number of likely N-dealkylation sites (tertiary alicyclic amines) is 1. The van der Waals surface area contributed by atoms with Crippen LogP contribution in [0.3, 0.4) is 0 Å². The number of aryl methyl sites for hydroxylation is 1. The zero-order valence-corrected chi connectivity index (χ0v) is 8.44. The zero-order valence-electron chi connectivity index (χ0n) is 8.44. The van der Waals surface area contributed by atoms with Crippen LogP contribution in [0.5, 0.6) is 0 Å². The molecule has 4 heteroatoms. The molecule has 78 valence electrons. The van der Waals surface area contributed by atoms with Gasteiger partial charge in [0.15, 0.2) is 6.39 Å². The molecule has 2 rings (SSSR count). The summed E-state index contributed by atoms with van der Waals surface area (Å²) in [5, 5.41) is 9.49. The van der Waals surface area contributed by atoms with Gasteiger partial charge in [0.1, 0.15) is 5.76 Å². The fraction of sp³-hybridized carbons (Fsp3) is 0.700. The first kappa shape index (κ1) is 9.68. The van der Waals surface area contributed by atoms with Gasteiger partial charge in [-0.25, -0.2) is 4.98 Å². The van der Waals surface area contributed by atoms with E-state index in [1.807, 2.05) is 6.92 Å². The summed E-state index contributed by atoms with van der Waals surface area (Å²) in [5.74, 6) is 0.880. The van der Waals surface area contributed by atoms with Crippen LogP contribution < -0.4 is 0 Å². The average Bonchev–Trinajstić information content (AvgIpc) is 2.52.